The number of Topliss-reactive ketones (excluding diaryl/α,β-unsaturated/α-hetero) is 1. The molecule has 0 atom stereocenters. The molecule has 3 aromatic heterocycles. The standard InChI is InChI=1S/C26H22ClN5O3/c1-4-31-24-19(13-28-23(29-24)16-9-11-17(27)12-10-16)25(34)32(26(31)35)14-21(33)22-15(2)30(3)20-8-6-5-7-18(20)22/h5-13H,4,14H2,1-3H3. The van der Waals surface area contributed by atoms with Gasteiger partial charge in [0.1, 0.15) is 5.39 Å². The van der Waals surface area contributed by atoms with Gasteiger partial charge in [-0.05, 0) is 44.2 Å². The van der Waals surface area contributed by atoms with Gasteiger partial charge in [0.2, 0.25) is 0 Å². The Morgan fingerprint density at radius 2 is 1.71 bits per heavy atom. The molecule has 0 bridgehead atoms. The second kappa shape index (κ2) is 8.63. The highest BCUT2D eigenvalue weighted by atomic mass is 35.5. The van der Waals surface area contributed by atoms with E-state index in [2.05, 4.69) is 9.97 Å². The molecule has 5 rings (SSSR count). The van der Waals surface area contributed by atoms with Crippen molar-refractivity contribution >= 4 is 39.3 Å². The summed E-state index contributed by atoms with van der Waals surface area (Å²) in [6, 6.07) is 14.5. The van der Waals surface area contributed by atoms with Gasteiger partial charge < -0.3 is 4.57 Å². The number of benzene rings is 2. The van der Waals surface area contributed by atoms with E-state index in [0.717, 1.165) is 21.2 Å². The second-order valence-electron chi connectivity index (χ2n) is 8.32. The van der Waals surface area contributed by atoms with Gasteiger partial charge in [0.25, 0.3) is 5.56 Å². The van der Waals surface area contributed by atoms with Crippen molar-refractivity contribution in [3.05, 3.63) is 91.8 Å². The molecule has 176 valence electrons. The molecule has 0 radical (unpaired) electrons. The topological polar surface area (TPSA) is 91.8 Å². The zero-order valence-corrected chi connectivity index (χ0v) is 20.2. The largest absolute Gasteiger partial charge is 0.347 e. The van der Waals surface area contributed by atoms with Crippen molar-refractivity contribution in [2.75, 3.05) is 0 Å². The normalized spacial score (nSPS) is 11.4. The first-order valence-electron chi connectivity index (χ1n) is 11.1. The summed E-state index contributed by atoms with van der Waals surface area (Å²) in [4.78, 5) is 48.9. The van der Waals surface area contributed by atoms with Crippen molar-refractivity contribution in [2.45, 2.75) is 26.9 Å². The average Bonchev–Trinajstić information content (AvgIpc) is 3.12. The van der Waals surface area contributed by atoms with Crippen LogP contribution >= 0.6 is 11.6 Å². The predicted molar refractivity (Wildman–Crippen MR) is 136 cm³/mol. The number of para-hydroxylation sites is 1. The Hall–Kier alpha value is -4.04. The molecule has 0 aliphatic rings. The monoisotopic (exact) mass is 487 g/mol. The third kappa shape index (κ3) is 3.66. The highest BCUT2D eigenvalue weighted by Gasteiger charge is 2.22. The third-order valence-corrected chi connectivity index (χ3v) is 6.61. The van der Waals surface area contributed by atoms with Crippen LogP contribution in [0.5, 0.6) is 0 Å². The lowest BCUT2D eigenvalue weighted by molar-refractivity contribution is 0.0969. The van der Waals surface area contributed by atoms with Gasteiger partial charge in [-0.25, -0.2) is 14.8 Å². The zero-order valence-electron chi connectivity index (χ0n) is 19.4. The van der Waals surface area contributed by atoms with Gasteiger partial charge in [-0.1, -0.05) is 29.8 Å². The minimum atomic E-state index is -0.594. The number of carbonyl (C=O) groups is 1. The van der Waals surface area contributed by atoms with E-state index in [9.17, 15) is 14.4 Å². The summed E-state index contributed by atoms with van der Waals surface area (Å²) >= 11 is 5.97. The Morgan fingerprint density at radius 1 is 1.00 bits per heavy atom. The van der Waals surface area contributed by atoms with Gasteiger partial charge in [0.05, 0.1) is 6.54 Å². The van der Waals surface area contributed by atoms with E-state index in [1.165, 1.54) is 10.8 Å². The first-order chi connectivity index (χ1) is 16.8. The number of ketones is 1. The third-order valence-electron chi connectivity index (χ3n) is 6.36. The fourth-order valence-corrected chi connectivity index (χ4v) is 4.58. The molecule has 8 nitrogen and oxygen atoms in total. The van der Waals surface area contributed by atoms with Crippen LogP contribution < -0.4 is 11.2 Å². The molecule has 0 fully saturated rings. The van der Waals surface area contributed by atoms with E-state index in [1.807, 2.05) is 42.8 Å². The summed E-state index contributed by atoms with van der Waals surface area (Å²) < 4.78 is 4.30. The molecule has 0 saturated heterocycles. The maximum Gasteiger partial charge on any atom is 0.333 e. The molecule has 0 amide bonds. The summed E-state index contributed by atoms with van der Waals surface area (Å²) in [7, 11) is 1.89. The summed E-state index contributed by atoms with van der Waals surface area (Å²) in [6.07, 6.45) is 1.41. The predicted octanol–water partition coefficient (Wildman–Crippen LogP) is 3.98. The summed E-state index contributed by atoms with van der Waals surface area (Å²) in [5.74, 6) is 0.0644. The molecule has 0 spiro atoms. The first-order valence-corrected chi connectivity index (χ1v) is 11.5. The van der Waals surface area contributed by atoms with E-state index in [1.54, 1.807) is 31.2 Å². The van der Waals surface area contributed by atoms with E-state index in [4.69, 9.17) is 11.6 Å². The number of rotatable bonds is 5. The minimum Gasteiger partial charge on any atom is -0.347 e. The molecule has 0 aliphatic heterocycles. The van der Waals surface area contributed by atoms with E-state index >= 15 is 0 Å². The van der Waals surface area contributed by atoms with Crippen molar-refractivity contribution in [3.63, 3.8) is 0 Å². The van der Waals surface area contributed by atoms with Crippen LogP contribution in [0.25, 0.3) is 33.3 Å². The van der Waals surface area contributed by atoms with E-state index in [-0.39, 0.29) is 29.9 Å². The minimum absolute atomic E-state index is 0.173. The number of aromatic nitrogens is 5. The number of carbonyl (C=O) groups excluding carboxylic acids is 1. The smallest absolute Gasteiger partial charge is 0.333 e. The van der Waals surface area contributed by atoms with Crippen LogP contribution in [0.15, 0.2) is 64.3 Å². The van der Waals surface area contributed by atoms with Crippen molar-refractivity contribution < 1.29 is 4.79 Å². The lowest BCUT2D eigenvalue weighted by atomic mass is 10.1. The summed E-state index contributed by atoms with van der Waals surface area (Å²) in [5, 5.41) is 1.54. The summed E-state index contributed by atoms with van der Waals surface area (Å²) in [5.41, 5.74) is 1.95. The molecule has 0 saturated carbocycles. The van der Waals surface area contributed by atoms with Gasteiger partial charge in [-0.2, -0.15) is 0 Å². The van der Waals surface area contributed by atoms with Crippen LogP contribution in [0.1, 0.15) is 23.0 Å². The average molecular weight is 488 g/mol. The van der Waals surface area contributed by atoms with Crippen LogP contribution in [-0.2, 0) is 20.1 Å². The van der Waals surface area contributed by atoms with Gasteiger partial charge in [0.15, 0.2) is 17.3 Å². The first kappa shape index (κ1) is 22.7. The van der Waals surface area contributed by atoms with Crippen molar-refractivity contribution in [1.82, 2.24) is 23.7 Å². The van der Waals surface area contributed by atoms with Gasteiger partial charge in [-0.15, -0.1) is 0 Å². The van der Waals surface area contributed by atoms with Crippen LogP contribution in [-0.4, -0.2) is 29.5 Å². The Kier molecular flexibility index (Phi) is 5.61. The number of fused-ring (bicyclic) bond motifs is 2. The zero-order chi connectivity index (χ0) is 24.9. The molecule has 0 unspecified atom stereocenters. The number of halogens is 1. The van der Waals surface area contributed by atoms with Crippen molar-refractivity contribution in [2.24, 2.45) is 7.05 Å². The Balaban J connectivity index is 1.64. The Bertz CT molecular complexity index is 1750. The SMILES string of the molecule is CCn1c(=O)n(CC(=O)c2c(C)n(C)c3ccccc23)c(=O)c2cnc(-c3ccc(Cl)cc3)nc21. The molecule has 3 heterocycles. The van der Waals surface area contributed by atoms with E-state index in [0.29, 0.717) is 22.0 Å². The molecular weight excluding hydrogens is 466 g/mol. The summed E-state index contributed by atoms with van der Waals surface area (Å²) in [6.45, 7) is 3.54. The van der Waals surface area contributed by atoms with Crippen molar-refractivity contribution in [3.8, 4) is 11.4 Å². The second-order valence-corrected chi connectivity index (χ2v) is 8.75. The highest BCUT2D eigenvalue weighted by molar-refractivity contribution is 6.30. The Morgan fingerprint density at radius 3 is 2.43 bits per heavy atom. The van der Waals surface area contributed by atoms with Gasteiger partial charge >= 0.3 is 5.69 Å². The van der Waals surface area contributed by atoms with Gasteiger partial charge in [-0.3, -0.25) is 18.7 Å². The van der Waals surface area contributed by atoms with Crippen LogP contribution in [0, 0.1) is 6.92 Å². The van der Waals surface area contributed by atoms with Crippen molar-refractivity contribution in [1.29, 1.82) is 0 Å². The molecule has 2 aromatic carbocycles. The fourth-order valence-electron chi connectivity index (χ4n) is 4.46. The van der Waals surface area contributed by atoms with Gasteiger partial charge in [0, 0.05) is 52.5 Å². The highest BCUT2D eigenvalue weighted by Crippen LogP contribution is 2.25. The fraction of sp³-hybridized carbons (Fsp3) is 0.192. The number of aryl methyl sites for hydroxylation is 2. The molecule has 35 heavy (non-hydrogen) atoms. The van der Waals surface area contributed by atoms with Crippen LogP contribution in [0.2, 0.25) is 5.02 Å². The van der Waals surface area contributed by atoms with Crippen LogP contribution in [0.4, 0.5) is 0 Å². The number of hydrogen-bond acceptors (Lipinski definition) is 5. The molecular formula is C26H22ClN5O3. The quantitative estimate of drug-likeness (QED) is 0.350. The lowest BCUT2D eigenvalue weighted by Gasteiger charge is -2.12. The maximum atomic E-state index is 13.4. The molecule has 5 aromatic rings. The maximum absolute atomic E-state index is 13.4. The lowest BCUT2D eigenvalue weighted by Crippen LogP contribution is -2.42. The number of hydrogen-bond donors (Lipinski definition) is 0. The Labute approximate surface area is 205 Å². The number of nitrogens with zero attached hydrogens (tertiary/aromatic N) is 5. The van der Waals surface area contributed by atoms with Crippen LogP contribution in [0.3, 0.4) is 0 Å². The van der Waals surface area contributed by atoms with E-state index < -0.39 is 11.2 Å². The molecule has 9 heteroatoms. The molecule has 0 aliphatic carbocycles. The molecule has 0 N–H and O–H groups in total.